The molecule has 1 fully saturated rings. The second kappa shape index (κ2) is 7.79. The van der Waals surface area contributed by atoms with E-state index in [0.717, 1.165) is 5.56 Å². The fraction of sp³-hybridized carbons (Fsp3) is 0.250. The number of piperazine rings is 1. The number of amides is 2. The summed E-state index contributed by atoms with van der Waals surface area (Å²) < 4.78 is 14.2. The Bertz CT molecular complexity index is 858. The molecule has 0 aliphatic carbocycles. The molecular formula is C20H18FN3O2. The van der Waals surface area contributed by atoms with Crippen LogP contribution in [0, 0.1) is 17.1 Å². The smallest absolute Gasteiger partial charge is 0.247 e. The van der Waals surface area contributed by atoms with Crippen molar-refractivity contribution < 1.29 is 14.0 Å². The van der Waals surface area contributed by atoms with E-state index in [4.69, 9.17) is 5.26 Å². The van der Waals surface area contributed by atoms with Gasteiger partial charge in [0.2, 0.25) is 11.8 Å². The van der Waals surface area contributed by atoms with E-state index < -0.39 is 11.9 Å². The molecule has 0 radical (unpaired) electrons. The third-order valence-corrected chi connectivity index (χ3v) is 4.44. The summed E-state index contributed by atoms with van der Waals surface area (Å²) in [6.45, 7) is 0.698. The van der Waals surface area contributed by atoms with Crippen molar-refractivity contribution in [2.24, 2.45) is 0 Å². The van der Waals surface area contributed by atoms with Gasteiger partial charge in [0, 0.05) is 25.1 Å². The van der Waals surface area contributed by atoms with Crippen molar-refractivity contribution in [2.75, 3.05) is 13.1 Å². The SMILES string of the molecule is N#Cc1ccc(CCC(=O)N2CCNC(=O)C2c2ccccc2F)cc1. The number of nitriles is 1. The molecule has 1 atom stereocenters. The van der Waals surface area contributed by atoms with Gasteiger partial charge in [0.05, 0.1) is 11.6 Å². The molecule has 3 rings (SSSR count). The van der Waals surface area contributed by atoms with Crippen molar-refractivity contribution in [3.8, 4) is 6.07 Å². The molecule has 2 amide bonds. The normalized spacial score (nSPS) is 16.7. The number of benzene rings is 2. The Morgan fingerprint density at radius 1 is 1.23 bits per heavy atom. The Labute approximate surface area is 151 Å². The van der Waals surface area contributed by atoms with Crippen molar-refractivity contribution in [3.05, 3.63) is 71.0 Å². The van der Waals surface area contributed by atoms with Gasteiger partial charge in [-0.3, -0.25) is 9.59 Å². The van der Waals surface area contributed by atoms with Gasteiger partial charge >= 0.3 is 0 Å². The molecule has 1 saturated heterocycles. The van der Waals surface area contributed by atoms with Crippen molar-refractivity contribution in [3.63, 3.8) is 0 Å². The number of nitrogens with one attached hydrogen (secondary N) is 1. The Morgan fingerprint density at radius 2 is 1.96 bits per heavy atom. The average Bonchev–Trinajstić information content (AvgIpc) is 2.67. The van der Waals surface area contributed by atoms with E-state index in [1.807, 2.05) is 18.2 Å². The summed E-state index contributed by atoms with van der Waals surface area (Å²) in [6, 6.07) is 14.2. The third kappa shape index (κ3) is 3.72. The lowest BCUT2D eigenvalue weighted by atomic mass is 10.0. The van der Waals surface area contributed by atoms with Crippen LogP contribution in [0.3, 0.4) is 0 Å². The molecule has 1 unspecified atom stereocenters. The highest BCUT2D eigenvalue weighted by molar-refractivity contribution is 5.90. The fourth-order valence-corrected chi connectivity index (χ4v) is 3.08. The molecular weight excluding hydrogens is 333 g/mol. The average molecular weight is 351 g/mol. The number of hydrogen-bond donors (Lipinski definition) is 1. The molecule has 26 heavy (non-hydrogen) atoms. The minimum absolute atomic E-state index is 0.197. The quantitative estimate of drug-likeness (QED) is 0.919. The highest BCUT2D eigenvalue weighted by Gasteiger charge is 2.35. The van der Waals surface area contributed by atoms with E-state index in [9.17, 15) is 14.0 Å². The van der Waals surface area contributed by atoms with E-state index in [-0.39, 0.29) is 23.8 Å². The summed E-state index contributed by atoms with van der Waals surface area (Å²) in [5.41, 5.74) is 1.70. The second-order valence-corrected chi connectivity index (χ2v) is 6.11. The van der Waals surface area contributed by atoms with Crippen LogP contribution in [-0.2, 0) is 16.0 Å². The molecule has 132 valence electrons. The number of carbonyl (C=O) groups is 2. The molecule has 2 aromatic rings. The molecule has 0 spiro atoms. The van der Waals surface area contributed by atoms with Crippen molar-refractivity contribution in [2.45, 2.75) is 18.9 Å². The van der Waals surface area contributed by atoms with Crippen LogP contribution in [-0.4, -0.2) is 29.8 Å². The summed E-state index contributed by atoms with van der Waals surface area (Å²) >= 11 is 0. The lowest BCUT2D eigenvalue weighted by Crippen LogP contribution is -2.52. The molecule has 6 heteroatoms. The highest BCUT2D eigenvalue weighted by Crippen LogP contribution is 2.26. The van der Waals surface area contributed by atoms with Gasteiger partial charge in [-0.25, -0.2) is 4.39 Å². The number of hydrogen-bond acceptors (Lipinski definition) is 3. The minimum atomic E-state index is -0.946. The minimum Gasteiger partial charge on any atom is -0.352 e. The summed E-state index contributed by atoms with van der Waals surface area (Å²) in [6.07, 6.45) is 0.705. The predicted octanol–water partition coefficient (Wildman–Crippen LogP) is 2.33. The highest BCUT2D eigenvalue weighted by atomic mass is 19.1. The predicted molar refractivity (Wildman–Crippen MR) is 93.3 cm³/mol. The van der Waals surface area contributed by atoms with E-state index in [2.05, 4.69) is 5.32 Å². The number of nitrogens with zero attached hydrogens (tertiary/aromatic N) is 2. The largest absolute Gasteiger partial charge is 0.352 e. The van der Waals surface area contributed by atoms with Crippen LogP contribution in [0.5, 0.6) is 0 Å². The summed E-state index contributed by atoms with van der Waals surface area (Å²) in [5.74, 6) is -1.06. The first kappa shape index (κ1) is 17.6. The van der Waals surface area contributed by atoms with Crippen molar-refractivity contribution in [1.29, 1.82) is 5.26 Å². The second-order valence-electron chi connectivity index (χ2n) is 6.11. The van der Waals surface area contributed by atoms with Crippen LogP contribution in [0.4, 0.5) is 4.39 Å². The molecule has 0 saturated carbocycles. The van der Waals surface area contributed by atoms with Gasteiger partial charge in [0.15, 0.2) is 0 Å². The number of carbonyl (C=O) groups excluding carboxylic acids is 2. The Kier molecular flexibility index (Phi) is 5.28. The molecule has 1 aliphatic heterocycles. The topological polar surface area (TPSA) is 73.2 Å². The van der Waals surface area contributed by atoms with Crippen molar-refractivity contribution in [1.82, 2.24) is 10.2 Å². The van der Waals surface area contributed by atoms with Gasteiger partial charge in [-0.05, 0) is 30.2 Å². The molecule has 0 bridgehead atoms. The van der Waals surface area contributed by atoms with E-state index in [0.29, 0.717) is 25.1 Å². The molecule has 5 nitrogen and oxygen atoms in total. The monoisotopic (exact) mass is 351 g/mol. The molecule has 1 aliphatic rings. The zero-order chi connectivity index (χ0) is 18.5. The van der Waals surface area contributed by atoms with E-state index in [1.54, 1.807) is 24.3 Å². The summed E-state index contributed by atoms with van der Waals surface area (Å²) in [4.78, 5) is 26.5. The van der Waals surface area contributed by atoms with E-state index >= 15 is 0 Å². The first-order valence-electron chi connectivity index (χ1n) is 8.41. The number of aryl methyl sites for hydroxylation is 1. The van der Waals surface area contributed by atoms with Gasteiger partial charge in [0.25, 0.3) is 0 Å². The maximum Gasteiger partial charge on any atom is 0.247 e. The zero-order valence-electron chi connectivity index (χ0n) is 14.1. The number of halogens is 1. The van der Waals surface area contributed by atoms with Gasteiger partial charge in [-0.15, -0.1) is 0 Å². The first-order valence-corrected chi connectivity index (χ1v) is 8.41. The van der Waals surface area contributed by atoms with Gasteiger partial charge in [-0.1, -0.05) is 30.3 Å². The van der Waals surface area contributed by atoms with Crippen molar-refractivity contribution >= 4 is 11.8 Å². The van der Waals surface area contributed by atoms with Gasteiger partial charge < -0.3 is 10.2 Å². The van der Waals surface area contributed by atoms with E-state index in [1.165, 1.54) is 17.0 Å². The van der Waals surface area contributed by atoms with Crippen LogP contribution in [0.15, 0.2) is 48.5 Å². The first-order chi connectivity index (χ1) is 12.6. The van der Waals surface area contributed by atoms with Crippen LogP contribution in [0.2, 0.25) is 0 Å². The maximum absolute atomic E-state index is 14.2. The molecule has 2 aromatic carbocycles. The van der Waals surface area contributed by atoms with Crippen LogP contribution >= 0.6 is 0 Å². The third-order valence-electron chi connectivity index (χ3n) is 4.44. The summed E-state index contributed by atoms with van der Waals surface area (Å²) in [5, 5.41) is 11.5. The van der Waals surface area contributed by atoms with Gasteiger partial charge in [-0.2, -0.15) is 5.26 Å². The summed E-state index contributed by atoms with van der Waals surface area (Å²) in [7, 11) is 0. The standard InChI is InChI=1S/C20H18FN3O2/c21-17-4-2-1-3-16(17)19-20(26)23-11-12-24(19)18(25)10-9-14-5-7-15(13-22)8-6-14/h1-8,19H,9-12H2,(H,23,26). The Hall–Kier alpha value is -3.20. The van der Waals surface area contributed by atoms with Gasteiger partial charge in [0.1, 0.15) is 11.9 Å². The molecule has 1 heterocycles. The Morgan fingerprint density at radius 3 is 2.65 bits per heavy atom. The molecule has 1 N–H and O–H groups in total. The van der Waals surface area contributed by atoms with Crippen LogP contribution < -0.4 is 5.32 Å². The lowest BCUT2D eigenvalue weighted by Gasteiger charge is -2.35. The molecule has 0 aromatic heterocycles. The Balaban J connectivity index is 1.74. The fourth-order valence-electron chi connectivity index (χ4n) is 3.08. The van der Waals surface area contributed by atoms with Crippen LogP contribution in [0.25, 0.3) is 0 Å². The van der Waals surface area contributed by atoms with Crippen LogP contribution in [0.1, 0.15) is 29.2 Å². The zero-order valence-corrected chi connectivity index (χ0v) is 14.1. The number of rotatable bonds is 4. The lowest BCUT2D eigenvalue weighted by molar-refractivity contribution is -0.143. The maximum atomic E-state index is 14.2.